The zero-order valence-corrected chi connectivity index (χ0v) is 9.97. The molecule has 0 aromatic heterocycles. The molecular weight excluding hydrogens is 212 g/mol. The number of azo groups is 1. The number of aliphatic carboxylic acids is 2. The van der Waals surface area contributed by atoms with Crippen LogP contribution >= 0.6 is 0 Å². The molecule has 0 aliphatic carbocycles. The third-order valence-electron chi connectivity index (χ3n) is 2.61. The van der Waals surface area contributed by atoms with E-state index in [2.05, 4.69) is 10.2 Å². The number of carboxylic acid groups (broad SMARTS) is 2. The van der Waals surface area contributed by atoms with E-state index in [0.29, 0.717) is 0 Å². The maximum Gasteiger partial charge on any atom is 0.333 e. The molecule has 0 bridgehead atoms. The Morgan fingerprint density at radius 3 is 2.06 bits per heavy atom. The number of carbonyl (C=O) groups is 2. The summed E-state index contributed by atoms with van der Waals surface area (Å²) in [6, 6.07) is 0. The second kappa shape index (κ2) is 5.58. The standard InChI is InChI=1S/C10H18N2O4/c1-6(2)10(4,9(15)16)12-11-5-7(3)8(13)14/h6-7H,5H2,1-4H3,(H,13,14)(H,15,16). The Morgan fingerprint density at radius 1 is 1.25 bits per heavy atom. The van der Waals surface area contributed by atoms with Gasteiger partial charge in [0.15, 0.2) is 5.54 Å². The van der Waals surface area contributed by atoms with Crippen LogP contribution in [0.3, 0.4) is 0 Å². The van der Waals surface area contributed by atoms with E-state index in [9.17, 15) is 9.59 Å². The Morgan fingerprint density at radius 2 is 1.75 bits per heavy atom. The fraction of sp³-hybridized carbons (Fsp3) is 0.800. The molecule has 0 aliphatic rings. The molecular formula is C10H18N2O4. The maximum absolute atomic E-state index is 11.0. The van der Waals surface area contributed by atoms with Crippen molar-refractivity contribution in [2.24, 2.45) is 22.1 Å². The van der Waals surface area contributed by atoms with Crippen molar-refractivity contribution in [2.45, 2.75) is 33.2 Å². The van der Waals surface area contributed by atoms with Gasteiger partial charge in [-0.3, -0.25) is 4.79 Å². The van der Waals surface area contributed by atoms with Gasteiger partial charge in [-0.2, -0.15) is 10.2 Å². The predicted octanol–water partition coefficient (Wildman–Crippen LogP) is 1.66. The van der Waals surface area contributed by atoms with Crippen molar-refractivity contribution in [3.63, 3.8) is 0 Å². The molecule has 16 heavy (non-hydrogen) atoms. The number of nitrogens with zero attached hydrogens (tertiary/aromatic N) is 2. The Labute approximate surface area is 94.4 Å². The van der Waals surface area contributed by atoms with Gasteiger partial charge in [-0.25, -0.2) is 4.79 Å². The van der Waals surface area contributed by atoms with E-state index in [-0.39, 0.29) is 12.5 Å². The molecule has 0 rings (SSSR count). The molecule has 0 fully saturated rings. The summed E-state index contributed by atoms with van der Waals surface area (Å²) in [6.45, 7) is 6.41. The van der Waals surface area contributed by atoms with Crippen LogP contribution in [0.4, 0.5) is 0 Å². The lowest BCUT2D eigenvalue weighted by molar-refractivity contribution is -0.144. The van der Waals surface area contributed by atoms with Gasteiger partial charge >= 0.3 is 11.9 Å². The van der Waals surface area contributed by atoms with E-state index < -0.39 is 23.4 Å². The molecule has 2 N–H and O–H groups in total. The average Bonchev–Trinajstić information content (AvgIpc) is 2.16. The van der Waals surface area contributed by atoms with Gasteiger partial charge in [-0.15, -0.1) is 0 Å². The Bertz CT molecular complexity index is 301. The van der Waals surface area contributed by atoms with Crippen LogP contribution in [-0.2, 0) is 9.59 Å². The summed E-state index contributed by atoms with van der Waals surface area (Å²) in [5.74, 6) is -2.91. The molecule has 0 radical (unpaired) electrons. The lowest BCUT2D eigenvalue weighted by Gasteiger charge is -2.22. The summed E-state index contributed by atoms with van der Waals surface area (Å²) in [5, 5.41) is 25.0. The SMILES string of the molecule is CC(CN=NC(C)(C(=O)O)C(C)C)C(=O)O. The summed E-state index contributed by atoms with van der Waals surface area (Å²) in [7, 11) is 0. The molecule has 0 saturated carbocycles. The summed E-state index contributed by atoms with van der Waals surface area (Å²) in [4.78, 5) is 21.5. The molecule has 0 amide bonds. The topological polar surface area (TPSA) is 99.3 Å². The van der Waals surface area contributed by atoms with Crippen LogP contribution in [0.15, 0.2) is 10.2 Å². The molecule has 6 heteroatoms. The van der Waals surface area contributed by atoms with Crippen LogP contribution in [0.25, 0.3) is 0 Å². The van der Waals surface area contributed by atoms with E-state index >= 15 is 0 Å². The minimum atomic E-state index is -1.29. The minimum absolute atomic E-state index is 0.00900. The van der Waals surface area contributed by atoms with E-state index in [0.717, 1.165) is 0 Å². The van der Waals surface area contributed by atoms with Crippen LogP contribution in [-0.4, -0.2) is 34.2 Å². The molecule has 0 heterocycles. The first-order chi connectivity index (χ1) is 7.21. The Kier molecular flexibility index (Phi) is 5.07. The highest BCUT2D eigenvalue weighted by atomic mass is 16.4. The summed E-state index contributed by atoms with van der Waals surface area (Å²) < 4.78 is 0. The zero-order valence-electron chi connectivity index (χ0n) is 9.97. The third-order valence-corrected chi connectivity index (χ3v) is 2.61. The third kappa shape index (κ3) is 3.60. The second-order valence-electron chi connectivity index (χ2n) is 4.27. The van der Waals surface area contributed by atoms with E-state index in [1.165, 1.54) is 13.8 Å². The largest absolute Gasteiger partial charge is 0.481 e. The molecule has 0 aromatic rings. The van der Waals surface area contributed by atoms with Crippen molar-refractivity contribution in [1.29, 1.82) is 0 Å². The molecule has 0 saturated heterocycles. The molecule has 0 spiro atoms. The van der Waals surface area contributed by atoms with Crippen LogP contribution < -0.4 is 0 Å². The summed E-state index contributed by atoms with van der Waals surface area (Å²) in [5.41, 5.74) is -1.29. The van der Waals surface area contributed by atoms with Crippen molar-refractivity contribution in [3.8, 4) is 0 Å². The second-order valence-corrected chi connectivity index (χ2v) is 4.27. The van der Waals surface area contributed by atoms with Gasteiger partial charge in [0.25, 0.3) is 0 Å². The number of hydrogen-bond acceptors (Lipinski definition) is 4. The smallest absolute Gasteiger partial charge is 0.333 e. The zero-order chi connectivity index (χ0) is 12.9. The summed E-state index contributed by atoms with van der Waals surface area (Å²) >= 11 is 0. The summed E-state index contributed by atoms with van der Waals surface area (Å²) in [6.07, 6.45) is 0. The lowest BCUT2D eigenvalue weighted by Crippen LogP contribution is -2.38. The van der Waals surface area contributed by atoms with Crippen LogP contribution in [0.1, 0.15) is 27.7 Å². The van der Waals surface area contributed by atoms with Crippen LogP contribution in [0.5, 0.6) is 0 Å². The first-order valence-electron chi connectivity index (χ1n) is 5.06. The van der Waals surface area contributed by atoms with Gasteiger partial charge in [0, 0.05) is 0 Å². The monoisotopic (exact) mass is 230 g/mol. The van der Waals surface area contributed by atoms with Gasteiger partial charge in [0.2, 0.25) is 0 Å². The Hall–Kier alpha value is -1.46. The van der Waals surface area contributed by atoms with Crippen molar-refractivity contribution in [1.82, 2.24) is 0 Å². The van der Waals surface area contributed by atoms with Crippen LogP contribution in [0.2, 0.25) is 0 Å². The van der Waals surface area contributed by atoms with Crippen molar-refractivity contribution in [2.75, 3.05) is 6.54 Å². The van der Waals surface area contributed by atoms with Crippen molar-refractivity contribution < 1.29 is 19.8 Å². The van der Waals surface area contributed by atoms with Crippen LogP contribution in [0, 0.1) is 11.8 Å². The number of rotatable bonds is 6. The van der Waals surface area contributed by atoms with E-state index in [4.69, 9.17) is 10.2 Å². The molecule has 0 aliphatic heterocycles. The van der Waals surface area contributed by atoms with Crippen molar-refractivity contribution in [3.05, 3.63) is 0 Å². The highest BCUT2D eigenvalue weighted by Gasteiger charge is 2.37. The molecule has 92 valence electrons. The van der Waals surface area contributed by atoms with E-state index in [1.54, 1.807) is 13.8 Å². The number of hydrogen-bond donors (Lipinski definition) is 2. The number of carboxylic acids is 2. The molecule has 0 aromatic carbocycles. The average molecular weight is 230 g/mol. The normalized spacial score (nSPS) is 17.3. The fourth-order valence-corrected chi connectivity index (χ4v) is 0.793. The highest BCUT2D eigenvalue weighted by Crippen LogP contribution is 2.22. The predicted molar refractivity (Wildman–Crippen MR) is 57.4 cm³/mol. The fourth-order valence-electron chi connectivity index (χ4n) is 0.793. The van der Waals surface area contributed by atoms with Gasteiger partial charge < -0.3 is 10.2 Å². The van der Waals surface area contributed by atoms with Gasteiger partial charge in [0.05, 0.1) is 12.5 Å². The van der Waals surface area contributed by atoms with Gasteiger partial charge in [-0.05, 0) is 12.8 Å². The van der Waals surface area contributed by atoms with Gasteiger partial charge in [0.1, 0.15) is 0 Å². The first-order valence-corrected chi connectivity index (χ1v) is 5.06. The Balaban J connectivity index is 4.60. The highest BCUT2D eigenvalue weighted by molar-refractivity contribution is 5.78. The maximum atomic E-state index is 11.0. The first kappa shape index (κ1) is 14.5. The lowest BCUT2D eigenvalue weighted by atomic mass is 9.90. The molecule has 6 nitrogen and oxygen atoms in total. The van der Waals surface area contributed by atoms with Crippen molar-refractivity contribution >= 4 is 11.9 Å². The minimum Gasteiger partial charge on any atom is -0.481 e. The molecule has 2 unspecified atom stereocenters. The van der Waals surface area contributed by atoms with E-state index in [1.807, 2.05) is 0 Å². The quantitative estimate of drug-likeness (QED) is 0.677. The van der Waals surface area contributed by atoms with Gasteiger partial charge in [-0.1, -0.05) is 20.8 Å². The molecule has 2 atom stereocenters.